The molecular formula is C7H8N2. The van der Waals surface area contributed by atoms with Crippen molar-refractivity contribution in [3.63, 3.8) is 0 Å². The normalized spacial score (nSPS) is 9.00. The fraction of sp³-hybridized carbons (Fsp3) is 0.143. The number of hydrogen-bond acceptors (Lipinski definition) is 2. The zero-order chi connectivity index (χ0) is 6.69. The zero-order valence-corrected chi connectivity index (χ0v) is 5.26. The lowest BCUT2D eigenvalue weighted by molar-refractivity contribution is 1.27. The fourth-order valence-corrected chi connectivity index (χ4v) is 0.585. The molecule has 0 aliphatic rings. The number of rotatable bonds is 1. The fourth-order valence-electron chi connectivity index (χ4n) is 0.585. The summed E-state index contributed by atoms with van der Waals surface area (Å²) in [5.74, 6) is 0. The monoisotopic (exact) mass is 120 g/mol. The van der Waals surface area contributed by atoms with Crippen molar-refractivity contribution in [2.45, 2.75) is 6.92 Å². The highest BCUT2D eigenvalue weighted by atomic mass is 14.7. The Balaban J connectivity index is 2.98. The van der Waals surface area contributed by atoms with Crippen LogP contribution in [-0.4, -0.2) is 10.7 Å². The molecule has 0 amide bonds. The Bertz CT molecular complexity index is 203. The molecule has 0 radical (unpaired) electrons. The van der Waals surface area contributed by atoms with E-state index in [2.05, 4.69) is 4.98 Å². The van der Waals surface area contributed by atoms with Crippen LogP contribution in [0.1, 0.15) is 12.6 Å². The van der Waals surface area contributed by atoms with Crippen molar-refractivity contribution < 1.29 is 0 Å². The van der Waals surface area contributed by atoms with E-state index >= 15 is 0 Å². The van der Waals surface area contributed by atoms with Gasteiger partial charge in [0.15, 0.2) is 0 Å². The number of pyridine rings is 1. The van der Waals surface area contributed by atoms with Gasteiger partial charge in [0.05, 0.1) is 11.4 Å². The van der Waals surface area contributed by atoms with E-state index in [-0.39, 0.29) is 0 Å². The van der Waals surface area contributed by atoms with E-state index in [9.17, 15) is 0 Å². The third kappa shape index (κ3) is 1.35. The van der Waals surface area contributed by atoms with Gasteiger partial charge in [-0.3, -0.25) is 4.98 Å². The smallest absolute Gasteiger partial charge is 0.0834 e. The van der Waals surface area contributed by atoms with Gasteiger partial charge in [-0.15, -0.1) is 0 Å². The molecule has 1 rings (SSSR count). The summed E-state index contributed by atoms with van der Waals surface area (Å²) in [6.07, 6.45) is 1.69. The zero-order valence-electron chi connectivity index (χ0n) is 5.26. The summed E-state index contributed by atoms with van der Waals surface area (Å²) in [5.41, 5.74) is 1.26. The van der Waals surface area contributed by atoms with Gasteiger partial charge in [-0.2, -0.15) is 0 Å². The number of nitrogens with zero attached hydrogens (tertiary/aromatic N) is 1. The second kappa shape index (κ2) is 2.40. The van der Waals surface area contributed by atoms with E-state index in [4.69, 9.17) is 5.41 Å². The minimum absolute atomic E-state index is 0.510. The van der Waals surface area contributed by atoms with E-state index in [1.807, 2.05) is 18.2 Å². The molecule has 0 saturated heterocycles. The Morgan fingerprint density at radius 3 is 2.67 bits per heavy atom. The highest BCUT2D eigenvalue weighted by Gasteiger charge is 1.90. The quantitative estimate of drug-likeness (QED) is 0.560. The lowest BCUT2D eigenvalue weighted by atomic mass is 10.3. The van der Waals surface area contributed by atoms with Gasteiger partial charge in [-0.1, -0.05) is 6.07 Å². The molecule has 2 heteroatoms. The Kier molecular flexibility index (Phi) is 1.58. The molecule has 1 aromatic heterocycles. The van der Waals surface area contributed by atoms with Crippen molar-refractivity contribution in [1.82, 2.24) is 4.98 Å². The maximum absolute atomic E-state index is 7.17. The van der Waals surface area contributed by atoms with Gasteiger partial charge >= 0.3 is 0 Å². The van der Waals surface area contributed by atoms with Gasteiger partial charge in [-0.05, 0) is 19.1 Å². The lowest BCUT2D eigenvalue weighted by Crippen LogP contribution is -1.93. The largest absolute Gasteiger partial charge is 0.303 e. The summed E-state index contributed by atoms with van der Waals surface area (Å²) in [5, 5.41) is 7.17. The molecule has 0 aliphatic heterocycles. The molecule has 2 nitrogen and oxygen atoms in total. The first-order valence-corrected chi connectivity index (χ1v) is 2.77. The summed E-state index contributed by atoms with van der Waals surface area (Å²) in [6, 6.07) is 5.54. The van der Waals surface area contributed by atoms with Gasteiger partial charge < -0.3 is 5.41 Å². The van der Waals surface area contributed by atoms with Crippen molar-refractivity contribution in [1.29, 1.82) is 5.41 Å². The summed E-state index contributed by atoms with van der Waals surface area (Å²) >= 11 is 0. The first kappa shape index (κ1) is 5.95. The van der Waals surface area contributed by atoms with E-state index in [0.717, 1.165) is 5.69 Å². The van der Waals surface area contributed by atoms with Crippen LogP contribution in [0.25, 0.3) is 0 Å². The Labute approximate surface area is 54.1 Å². The third-order valence-electron chi connectivity index (χ3n) is 1.05. The Hall–Kier alpha value is -1.18. The van der Waals surface area contributed by atoms with Crippen LogP contribution in [0.3, 0.4) is 0 Å². The molecule has 46 valence electrons. The van der Waals surface area contributed by atoms with E-state index in [0.29, 0.717) is 5.71 Å². The topological polar surface area (TPSA) is 36.7 Å². The van der Waals surface area contributed by atoms with Crippen LogP contribution >= 0.6 is 0 Å². The first-order valence-electron chi connectivity index (χ1n) is 2.77. The average molecular weight is 120 g/mol. The maximum atomic E-state index is 7.17. The Morgan fingerprint density at radius 1 is 1.56 bits per heavy atom. The number of hydrogen-bond donors (Lipinski definition) is 1. The van der Waals surface area contributed by atoms with Crippen LogP contribution in [0.5, 0.6) is 0 Å². The first-order chi connectivity index (χ1) is 4.30. The van der Waals surface area contributed by atoms with Crippen LogP contribution in [0.2, 0.25) is 0 Å². The molecule has 1 aromatic rings. The molecule has 0 atom stereocenters. The molecule has 0 aromatic carbocycles. The maximum Gasteiger partial charge on any atom is 0.0834 e. The molecule has 9 heavy (non-hydrogen) atoms. The SMILES string of the molecule is CC(=N)c1ccccn1. The molecule has 0 spiro atoms. The predicted octanol–water partition coefficient (Wildman–Crippen LogP) is 1.47. The van der Waals surface area contributed by atoms with Gasteiger partial charge in [0, 0.05) is 6.20 Å². The van der Waals surface area contributed by atoms with Crippen molar-refractivity contribution in [3.05, 3.63) is 30.1 Å². The second-order valence-corrected chi connectivity index (χ2v) is 1.84. The number of aromatic nitrogens is 1. The second-order valence-electron chi connectivity index (χ2n) is 1.84. The van der Waals surface area contributed by atoms with E-state index < -0.39 is 0 Å². The molecule has 1 N–H and O–H groups in total. The van der Waals surface area contributed by atoms with Gasteiger partial charge in [0.25, 0.3) is 0 Å². The number of nitrogens with one attached hydrogen (secondary N) is 1. The van der Waals surface area contributed by atoms with Crippen LogP contribution < -0.4 is 0 Å². The van der Waals surface area contributed by atoms with Gasteiger partial charge in [0.2, 0.25) is 0 Å². The van der Waals surface area contributed by atoms with Crippen LogP contribution in [-0.2, 0) is 0 Å². The minimum atomic E-state index is 0.510. The summed E-state index contributed by atoms with van der Waals surface area (Å²) < 4.78 is 0. The molecule has 0 saturated carbocycles. The summed E-state index contributed by atoms with van der Waals surface area (Å²) in [7, 11) is 0. The van der Waals surface area contributed by atoms with Crippen molar-refractivity contribution >= 4 is 5.71 Å². The summed E-state index contributed by atoms with van der Waals surface area (Å²) in [4.78, 5) is 3.95. The van der Waals surface area contributed by atoms with Crippen LogP contribution in [0.4, 0.5) is 0 Å². The van der Waals surface area contributed by atoms with Crippen molar-refractivity contribution in [2.75, 3.05) is 0 Å². The Morgan fingerprint density at radius 2 is 2.33 bits per heavy atom. The van der Waals surface area contributed by atoms with Crippen LogP contribution in [0, 0.1) is 5.41 Å². The van der Waals surface area contributed by atoms with Crippen molar-refractivity contribution in [2.24, 2.45) is 0 Å². The molecular weight excluding hydrogens is 112 g/mol. The molecule has 0 bridgehead atoms. The lowest BCUT2D eigenvalue weighted by Gasteiger charge is -1.91. The molecule has 0 aliphatic carbocycles. The summed E-state index contributed by atoms with van der Waals surface area (Å²) in [6.45, 7) is 1.72. The predicted molar refractivity (Wildman–Crippen MR) is 36.7 cm³/mol. The highest BCUT2D eigenvalue weighted by molar-refractivity contribution is 5.94. The average Bonchev–Trinajstić information content (AvgIpc) is 1.90. The third-order valence-corrected chi connectivity index (χ3v) is 1.05. The van der Waals surface area contributed by atoms with Gasteiger partial charge in [0.1, 0.15) is 0 Å². The van der Waals surface area contributed by atoms with Crippen molar-refractivity contribution in [3.8, 4) is 0 Å². The van der Waals surface area contributed by atoms with Crippen LogP contribution in [0.15, 0.2) is 24.4 Å². The minimum Gasteiger partial charge on any atom is -0.303 e. The molecule has 0 fully saturated rings. The van der Waals surface area contributed by atoms with E-state index in [1.54, 1.807) is 13.1 Å². The van der Waals surface area contributed by atoms with E-state index in [1.165, 1.54) is 0 Å². The molecule has 1 heterocycles. The highest BCUT2D eigenvalue weighted by Crippen LogP contribution is 1.92. The standard InChI is InChI=1S/C7H8N2/c1-6(8)7-4-2-3-5-9-7/h2-5,8H,1H3. The molecule has 0 unspecified atom stereocenters. The van der Waals surface area contributed by atoms with Gasteiger partial charge in [-0.25, -0.2) is 0 Å².